The van der Waals surface area contributed by atoms with Crippen LogP contribution in [0.25, 0.3) is 0 Å². The first kappa shape index (κ1) is 15.1. The van der Waals surface area contributed by atoms with Gasteiger partial charge in [-0.2, -0.15) is 4.39 Å². The molecule has 1 N–H and O–H groups in total. The molecule has 0 unspecified atom stereocenters. The summed E-state index contributed by atoms with van der Waals surface area (Å²) in [6.07, 6.45) is 1.23. The van der Waals surface area contributed by atoms with Crippen molar-refractivity contribution in [2.45, 2.75) is 4.90 Å². The van der Waals surface area contributed by atoms with E-state index < -0.39 is 31.3 Å². The summed E-state index contributed by atoms with van der Waals surface area (Å²) in [5, 5.41) is 10.5. The highest BCUT2D eigenvalue weighted by Crippen LogP contribution is 2.22. The number of nitrogens with one attached hydrogen (secondary N) is 1. The fraction of sp³-hybridized carbons (Fsp3) is 0. The topological polar surface area (TPSA) is 115 Å². The molecule has 0 aliphatic rings. The van der Waals surface area contributed by atoms with E-state index in [2.05, 4.69) is 9.97 Å². The average Bonchev–Trinajstić information content (AvgIpc) is 2.37. The smallest absolute Gasteiger partial charge is 0.258 e. The molecule has 0 atom stereocenters. The fourth-order valence-electron chi connectivity index (χ4n) is 1.37. The number of aromatic nitrogens is 2. The van der Waals surface area contributed by atoms with E-state index in [4.69, 9.17) is 11.6 Å². The predicted molar refractivity (Wildman–Crippen MR) is 70.9 cm³/mol. The number of nitrogens with zero attached hydrogens (tertiary/aromatic N) is 3. The summed E-state index contributed by atoms with van der Waals surface area (Å²) < 4.78 is 39.4. The van der Waals surface area contributed by atoms with Crippen LogP contribution in [0, 0.1) is 15.9 Å². The number of hydrogen-bond acceptors (Lipinski definition) is 6. The maximum absolute atomic E-state index is 13.4. The summed E-state index contributed by atoms with van der Waals surface area (Å²) in [5.41, 5.74) is -0.826. The lowest BCUT2D eigenvalue weighted by atomic mass is 10.3. The van der Waals surface area contributed by atoms with Gasteiger partial charge in [-0.1, -0.05) is 11.6 Å². The molecule has 0 spiro atoms. The van der Waals surface area contributed by atoms with Crippen LogP contribution in [0.2, 0.25) is 5.15 Å². The van der Waals surface area contributed by atoms with Crippen LogP contribution in [-0.2, 0) is 10.0 Å². The third kappa shape index (κ3) is 3.41. The molecule has 0 fully saturated rings. The van der Waals surface area contributed by atoms with Crippen molar-refractivity contribution >= 4 is 33.3 Å². The Morgan fingerprint density at radius 3 is 2.62 bits per heavy atom. The number of benzene rings is 1. The Kier molecular flexibility index (Phi) is 4.00. The second kappa shape index (κ2) is 5.58. The SMILES string of the molecule is O=[N+]([O-])c1ccc(S(=O)(=O)Nc2nccc(Cl)n2)cc1F. The van der Waals surface area contributed by atoms with E-state index in [1.807, 2.05) is 4.72 Å². The molecule has 2 rings (SSSR count). The molecule has 110 valence electrons. The molecule has 1 aromatic carbocycles. The van der Waals surface area contributed by atoms with Crippen LogP contribution >= 0.6 is 11.6 Å². The minimum absolute atomic E-state index is 0.0116. The number of nitro benzene ring substituents is 1. The molecule has 0 saturated carbocycles. The Balaban J connectivity index is 2.36. The quantitative estimate of drug-likeness (QED) is 0.520. The highest BCUT2D eigenvalue weighted by Gasteiger charge is 2.21. The van der Waals surface area contributed by atoms with Gasteiger partial charge in [0.2, 0.25) is 11.8 Å². The van der Waals surface area contributed by atoms with Crippen LogP contribution in [0.4, 0.5) is 16.0 Å². The maximum Gasteiger partial charge on any atom is 0.304 e. The normalized spacial score (nSPS) is 11.1. The molecule has 2 aromatic rings. The number of halogens is 2. The van der Waals surface area contributed by atoms with E-state index >= 15 is 0 Å². The predicted octanol–water partition coefficient (Wildman–Crippen LogP) is 1.98. The molecule has 11 heteroatoms. The fourth-order valence-corrected chi connectivity index (χ4v) is 2.47. The first-order valence-electron chi connectivity index (χ1n) is 5.25. The number of rotatable bonds is 4. The van der Waals surface area contributed by atoms with Crippen molar-refractivity contribution in [3.8, 4) is 0 Å². The van der Waals surface area contributed by atoms with Crippen molar-refractivity contribution in [2.24, 2.45) is 0 Å². The van der Waals surface area contributed by atoms with E-state index in [1.54, 1.807) is 0 Å². The van der Waals surface area contributed by atoms with Crippen molar-refractivity contribution < 1.29 is 17.7 Å². The number of hydrogen-bond donors (Lipinski definition) is 1. The van der Waals surface area contributed by atoms with Gasteiger partial charge in [-0.3, -0.25) is 10.1 Å². The average molecular weight is 333 g/mol. The standard InChI is InChI=1S/C10H6ClFN4O4S/c11-9-3-4-13-10(14-9)15-21(19,20)6-1-2-8(16(17)18)7(12)5-6/h1-5H,(H,13,14,15). The van der Waals surface area contributed by atoms with Gasteiger partial charge in [0.05, 0.1) is 9.82 Å². The molecular formula is C10H6ClFN4O4S. The van der Waals surface area contributed by atoms with Gasteiger partial charge in [0, 0.05) is 18.3 Å². The minimum Gasteiger partial charge on any atom is -0.258 e. The van der Waals surface area contributed by atoms with Crippen LogP contribution in [0.5, 0.6) is 0 Å². The van der Waals surface area contributed by atoms with Crippen LogP contribution in [0.3, 0.4) is 0 Å². The zero-order valence-corrected chi connectivity index (χ0v) is 11.6. The van der Waals surface area contributed by atoms with E-state index in [0.29, 0.717) is 6.07 Å². The molecule has 0 aliphatic carbocycles. The highest BCUT2D eigenvalue weighted by molar-refractivity contribution is 7.92. The lowest BCUT2D eigenvalue weighted by Crippen LogP contribution is -2.15. The minimum atomic E-state index is -4.19. The van der Waals surface area contributed by atoms with Crippen LogP contribution in [-0.4, -0.2) is 23.3 Å². The monoisotopic (exact) mass is 332 g/mol. The molecule has 8 nitrogen and oxygen atoms in total. The van der Waals surface area contributed by atoms with E-state index in [1.165, 1.54) is 12.3 Å². The maximum atomic E-state index is 13.4. The third-order valence-electron chi connectivity index (χ3n) is 2.27. The lowest BCUT2D eigenvalue weighted by Gasteiger charge is -2.06. The molecule has 21 heavy (non-hydrogen) atoms. The summed E-state index contributed by atoms with van der Waals surface area (Å²) in [4.78, 5) is 16.3. The van der Waals surface area contributed by atoms with Crippen molar-refractivity contribution in [1.29, 1.82) is 0 Å². The van der Waals surface area contributed by atoms with Gasteiger partial charge in [-0.05, 0) is 12.1 Å². The molecule has 1 heterocycles. The second-order valence-electron chi connectivity index (χ2n) is 3.68. The molecule has 0 aliphatic heterocycles. The zero-order valence-electron chi connectivity index (χ0n) is 10.0. The van der Waals surface area contributed by atoms with Gasteiger partial charge in [0.15, 0.2) is 0 Å². The van der Waals surface area contributed by atoms with Crippen molar-refractivity contribution in [3.63, 3.8) is 0 Å². The van der Waals surface area contributed by atoms with Crippen LogP contribution in [0.1, 0.15) is 0 Å². The van der Waals surface area contributed by atoms with Crippen LogP contribution in [0.15, 0.2) is 35.4 Å². The summed E-state index contributed by atoms with van der Waals surface area (Å²) in [7, 11) is -4.19. The summed E-state index contributed by atoms with van der Waals surface area (Å²) >= 11 is 5.58. The molecule has 0 amide bonds. The molecular weight excluding hydrogens is 327 g/mol. The number of sulfonamides is 1. The Hall–Kier alpha value is -2.33. The van der Waals surface area contributed by atoms with Gasteiger partial charge < -0.3 is 0 Å². The Labute approximate surface area is 122 Å². The summed E-state index contributed by atoms with van der Waals surface area (Å²) in [5.74, 6) is -1.57. The number of anilines is 1. The van der Waals surface area contributed by atoms with E-state index in [9.17, 15) is 22.9 Å². The Morgan fingerprint density at radius 2 is 2.05 bits per heavy atom. The van der Waals surface area contributed by atoms with Gasteiger partial charge in [-0.15, -0.1) is 0 Å². The van der Waals surface area contributed by atoms with Gasteiger partial charge in [0.1, 0.15) is 5.15 Å². The van der Waals surface area contributed by atoms with Gasteiger partial charge in [-0.25, -0.2) is 23.1 Å². The first-order chi connectivity index (χ1) is 9.79. The highest BCUT2D eigenvalue weighted by atomic mass is 35.5. The van der Waals surface area contributed by atoms with Gasteiger partial charge in [0.25, 0.3) is 10.0 Å². The first-order valence-corrected chi connectivity index (χ1v) is 7.11. The summed E-state index contributed by atoms with van der Waals surface area (Å²) in [6, 6.07) is 3.52. The second-order valence-corrected chi connectivity index (χ2v) is 5.75. The van der Waals surface area contributed by atoms with Crippen molar-refractivity contribution in [1.82, 2.24) is 9.97 Å². The Bertz CT molecular complexity index is 814. The zero-order chi connectivity index (χ0) is 15.6. The van der Waals surface area contributed by atoms with Crippen LogP contribution < -0.4 is 4.72 Å². The molecule has 0 bridgehead atoms. The largest absolute Gasteiger partial charge is 0.304 e. The molecule has 1 aromatic heterocycles. The molecule has 0 radical (unpaired) electrons. The van der Waals surface area contributed by atoms with E-state index in [-0.39, 0.29) is 11.1 Å². The lowest BCUT2D eigenvalue weighted by molar-refractivity contribution is -0.387. The van der Waals surface area contributed by atoms with Crippen molar-refractivity contribution in [3.05, 3.63) is 51.5 Å². The molecule has 0 saturated heterocycles. The number of nitro groups is 1. The van der Waals surface area contributed by atoms with Gasteiger partial charge >= 0.3 is 5.69 Å². The third-order valence-corrected chi connectivity index (χ3v) is 3.81. The van der Waals surface area contributed by atoms with Crippen molar-refractivity contribution in [2.75, 3.05) is 4.72 Å². The van der Waals surface area contributed by atoms with E-state index in [0.717, 1.165) is 12.1 Å². The summed E-state index contributed by atoms with van der Waals surface area (Å²) in [6.45, 7) is 0. The Morgan fingerprint density at radius 1 is 1.33 bits per heavy atom.